The summed E-state index contributed by atoms with van der Waals surface area (Å²) < 4.78 is 0. The molecule has 4 heteroatoms. The Morgan fingerprint density at radius 3 is 2.15 bits per heavy atom. The van der Waals surface area contributed by atoms with E-state index in [0.717, 1.165) is 34.2 Å². The summed E-state index contributed by atoms with van der Waals surface area (Å²) in [7, 11) is 0. The smallest absolute Gasteiger partial charge is 0.243 e. The van der Waals surface area contributed by atoms with Gasteiger partial charge in [-0.05, 0) is 49.4 Å². The molecule has 0 fully saturated rings. The lowest BCUT2D eigenvalue weighted by molar-refractivity contribution is -0.141. The van der Waals surface area contributed by atoms with Crippen LogP contribution in [0.1, 0.15) is 48.1 Å². The molecule has 4 nitrogen and oxygen atoms in total. The van der Waals surface area contributed by atoms with E-state index in [2.05, 4.69) is 5.32 Å². The van der Waals surface area contributed by atoms with E-state index in [-0.39, 0.29) is 24.3 Å². The Morgan fingerprint density at radius 2 is 1.50 bits per heavy atom. The van der Waals surface area contributed by atoms with E-state index in [1.807, 2.05) is 107 Å². The number of nitrogens with one attached hydrogen (secondary N) is 1. The average Bonchev–Trinajstić information content (AvgIpc) is 2.84. The van der Waals surface area contributed by atoms with Gasteiger partial charge in [0, 0.05) is 19.0 Å². The topological polar surface area (TPSA) is 49.4 Å². The lowest BCUT2D eigenvalue weighted by atomic mass is 10.00. The molecule has 0 saturated heterocycles. The Morgan fingerprint density at radius 1 is 0.853 bits per heavy atom. The Labute approximate surface area is 204 Å². The maximum atomic E-state index is 13.8. The second-order valence-corrected chi connectivity index (χ2v) is 9.13. The number of hydrogen-bond donors (Lipinski definition) is 1. The summed E-state index contributed by atoms with van der Waals surface area (Å²) in [5.74, 6) is -0.156. The molecular weight excluding hydrogens is 420 g/mol. The predicted octanol–water partition coefficient (Wildman–Crippen LogP) is 5.40. The fourth-order valence-electron chi connectivity index (χ4n) is 3.95. The SMILES string of the molecule is CC[C@H](C)NC(=O)[C@H](Cc1ccccc1)N(Cc1ccccc1C)C(=O)Cc1ccc(C)cc1. The number of carbonyl (C=O) groups is 2. The molecule has 0 aliphatic carbocycles. The molecule has 1 N–H and O–H groups in total. The van der Waals surface area contributed by atoms with Crippen molar-refractivity contribution in [2.45, 2.75) is 65.6 Å². The first-order chi connectivity index (χ1) is 16.4. The van der Waals surface area contributed by atoms with Crippen molar-refractivity contribution in [3.8, 4) is 0 Å². The number of benzene rings is 3. The highest BCUT2D eigenvalue weighted by Gasteiger charge is 2.31. The molecule has 0 radical (unpaired) electrons. The van der Waals surface area contributed by atoms with Crippen LogP contribution in [0, 0.1) is 13.8 Å². The molecule has 2 amide bonds. The van der Waals surface area contributed by atoms with Crippen molar-refractivity contribution in [3.63, 3.8) is 0 Å². The molecule has 2 atom stereocenters. The summed E-state index contributed by atoms with van der Waals surface area (Å²) in [6.07, 6.45) is 1.56. The van der Waals surface area contributed by atoms with Gasteiger partial charge in [-0.25, -0.2) is 0 Å². The van der Waals surface area contributed by atoms with E-state index in [1.54, 1.807) is 4.90 Å². The van der Waals surface area contributed by atoms with Gasteiger partial charge in [-0.2, -0.15) is 0 Å². The normalized spacial score (nSPS) is 12.6. The first kappa shape index (κ1) is 25.2. The average molecular weight is 457 g/mol. The zero-order chi connectivity index (χ0) is 24.5. The zero-order valence-corrected chi connectivity index (χ0v) is 20.8. The van der Waals surface area contributed by atoms with Gasteiger partial charge in [-0.1, -0.05) is 91.3 Å². The third kappa shape index (κ3) is 7.05. The van der Waals surface area contributed by atoms with Crippen LogP contribution in [0.25, 0.3) is 0 Å². The summed E-state index contributed by atoms with van der Waals surface area (Å²) in [5.41, 5.74) is 5.30. The predicted molar refractivity (Wildman–Crippen MR) is 138 cm³/mol. The van der Waals surface area contributed by atoms with E-state index in [9.17, 15) is 9.59 Å². The van der Waals surface area contributed by atoms with Crippen molar-refractivity contribution >= 4 is 11.8 Å². The minimum absolute atomic E-state index is 0.0401. The van der Waals surface area contributed by atoms with Crippen molar-refractivity contribution in [2.24, 2.45) is 0 Å². The van der Waals surface area contributed by atoms with Crippen LogP contribution in [0.15, 0.2) is 78.9 Å². The molecule has 3 aromatic rings. The van der Waals surface area contributed by atoms with E-state index in [4.69, 9.17) is 0 Å². The summed E-state index contributed by atoms with van der Waals surface area (Å²) >= 11 is 0. The molecule has 3 aromatic carbocycles. The third-order valence-electron chi connectivity index (χ3n) is 6.35. The minimum atomic E-state index is -0.603. The lowest BCUT2D eigenvalue weighted by Gasteiger charge is -2.33. The molecule has 0 bridgehead atoms. The van der Waals surface area contributed by atoms with Gasteiger partial charge in [0.25, 0.3) is 0 Å². The molecule has 0 spiro atoms. The first-order valence-corrected chi connectivity index (χ1v) is 12.1. The summed E-state index contributed by atoms with van der Waals surface area (Å²) in [5, 5.41) is 3.12. The number of amides is 2. The second-order valence-electron chi connectivity index (χ2n) is 9.13. The van der Waals surface area contributed by atoms with Gasteiger partial charge in [0.2, 0.25) is 11.8 Å². The number of hydrogen-bond acceptors (Lipinski definition) is 2. The van der Waals surface area contributed by atoms with Crippen LogP contribution >= 0.6 is 0 Å². The van der Waals surface area contributed by atoms with Crippen LogP contribution in [-0.4, -0.2) is 28.8 Å². The van der Waals surface area contributed by atoms with Crippen LogP contribution in [0.5, 0.6) is 0 Å². The number of nitrogens with zero attached hydrogens (tertiary/aromatic N) is 1. The quantitative estimate of drug-likeness (QED) is 0.444. The van der Waals surface area contributed by atoms with Crippen molar-refractivity contribution in [3.05, 3.63) is 107 Å². The first-order valence-electron chi connectivity index (χ1n) is 12.1. The molecule has 178 valence electrons. The summed E-state index contributed by atoms with van der Waals surface area (Å²) in [6, 6.07) is 25.4. The lowest BCUT2D eigenvalue weighted by Crippen LogP contribution is -2.52. The molecule has 0 aromatic heterocycles. The highest BCUT2D eigenvalue weighted by Crippen LogP contribution is 2.19. The Kier molecular flexibility index (Phi) is 9.03. The van der Waals surface area contributed by atoms with Crippen LogP contribution < -0.4 is 5.32 Å². The zero-order valence-electron chi connectivity index (χ0n) is 20.8. The number of aryl methyl sites for hydroxylation is 2. The highest BCUT2D eigenvalue weighted by molar-refractivity contribution is 5.89. The Balaban J connectivity index is 1.97. The Hall–Kier alpha value is -3.40. The number of rotatable bonds is 10. The molecule has 0 unspecified atom stereocenters. The maximum absolute atomic E-state index is 13.8. The van der Waals surface area contributed by atoms with E-state index in [1.165, 1.54) is 0 Å². The van der Waals surface area contributed by atoms with E-state index >= 15 is 0 Å². The van der Waals surface area contributed by atoms with E-state index < -0.39 is 6.04 Å². The summed E-state index contributed by atoms with van der Waals surface area (Å²) in [4.78, 5) is 29.1. The largest absolute Gasteiger partial charge is 0.352 e. The van der Waals surface area contributed by atoms with E-state index in [0.29, 0.717) is 13.0 Å². The van der Waals surface area contributed by atoms with Crippen molar-refractivity contribution in [1.29, 1.82) is 0 Å². The molecule has 34 heavy (non-hydrogen) atoms. The van der Waals surface area contributed by atoms with Crippen molar-refractivity contribution < 1.29 is 9.59 Å². The van der Waals surface area contributed by atoms with Crippen LogP contribution in [-0.2, 0) is 29.0 Å². The highest BCUT2D eigenvalue weighted by atomic mass is 16.2. The van der Waals surface area contributed by atoms with Gasteiger partial charge >= 0.3 is 0 Å². The molecule has 3 rings (SSSR count). The van der Waals surface area contributed by atoms with Gasteiger partial charge in [0.05, 0.1) is 6.42 Å². The van der Waals surface area contributed by atoms with Gasteiger partial charge < -0.3 is 10.2 Å². The van der Waals surface area contributed by atoms with Crippen LogP contribution in [0.2, 0.25) is 0 Å². The van der Waals surface area contributed by atoms with Crippen LogP contribution in [0.3, 0.4) is 0 Å². The molecular formula is C30H36N2O2. The molecule has 0 saturated carbocycles. The monoisotopic (exact) mass is 456 g/mol. The van der Waals surface area contributed by atoms with Gasteiger partial charge in [-0.3, -0.25) is 9.59 Å². The number of carbonyl (C=O) groups excluding carboxylic acids is 2. The fourth-order valence-corrected chi connectivity index (χ4v) is 3.95. The van der Waals surface area contributed by atoms with Gasteiger partial charge in [-0.15, -0.1) is 0 Å². The summed E-state index contributed by atoms with van der Waals surface area (Å²) in [6.45, 7) is 8.51. The standard InChI is InChI=1S/C30H36N2O2/c1-5-24(4)31-30(34)28(19-25-12-7-6-8-13-25)32(21-27-14-10-9-11-23(27)3)29(33)20-26-17-15-22(2)16-18-26/h6-18,24,28H,5,19-21H2,1-4H3,(H,31,34)/t24-,28-/m0/s1. The van der Waals surface area contributed by atoms with Crippen molar-refractivity contribution in [2.75, 3.05) is 0 Å². The van der Waals surface area contributed by atoms with Gasteiger partial charge in [0.1, 0.15) is 6.04 Å². The molecule has 0 heterocycles. The second kappa shape index (κ2) is 12.2. The Bertz CT molecular complexity index is 1080. The third-order valence-corrected chi connectivity index (χ3v) is 6.35. The van der Waals surface area contributed by atoms with Crippen molar-refractivity contribution in [1.82, 2.24) is 10.2 Å². The van der Waals surface area contributed by atoms with Gasteiger partial charge in [0.15, 0.2) is 0 Å². The molecule has 0 aliphatic rings. The fraction of sp³-hybridized carbons (Fsp3) is 0.333. The minimum Gasteiger partial charge on any atom is -0.352 e. The maximum Gasteiger partial charge on any atom is 0.243 e. The molecule has 0 aliphatic heterocycles. The van der Waals surface area contributed by atoms with Crippen LogP contribution in [0.4, 0.5) is 0 Å².